The molecule has 5 nitrogen and oxygen atoms in total. The first-order valence-electron chi connectivity index (χ1n) is 3.98. The molecule has 0 aromatic heterocycles. The van der Waals surface area contributed by atoms with Crippen molar-refractivity contribution in [2.45, 2.75) is 32.1 Å². The lowest BCUT2D eigenvalue weighted by molar-refractivity contribution is -0.0361. The van der Waals surface area contributed by atoms with Gasteiger partial charge in [-0.2, -0.15) is 15.3 Å². The van der Waals surface area contributed by atoms with Crippen molar-refractivity contribution in [1.29, 1.82) is 0 Å². The molecule has 0 bridgehead atoms. The first-order valence-corrected chi connectivity index (χ1v) is 3.98. The molecule has 1 fully saturated rings. The zero-order valence-corrected chi connectivity index (χ0v) is 7.72. The van der Waals surface area contributed by atoms with E-state index in [2.05, 4.69) is 5.48 Å². The molecule has 0 unspecified atom stereocenters. The molecule has 1 aliphatic rings. The molecule has 0 amide bonds. The van der Waals surface area contributed by atoms with E-state index < -0.39 is 5.79 Å². The number of nitrogens with two attached hydrogens (primary N) is 1. The van der Waals surface area contributed by atoms with E-state index >= 15 is 0 Å². The summed E-state index contributed by atoms with van der Waals surface area (Å²) in [4.78, 5) is 14.7. The Morgan fingerprint density at radius 1 is 1.50 bits per heavy atom. The van der Waals surface area contributed by atoms with Crippen LogP contribution in [0.2, 0.25) is 0 Å². The van der Waals surface area contributed by atoms with Crippen molar-refractivity contribution in [2.75, 3.05) is 13.2 Å². The van der Waals surface area contributed by atoms with Crippen molar-refractivity contribution in [3.8, 4) is 0 Å². The standard InChI is InChI=1S/C7H16N2O3/c1-6(2,7(3)11-12-7)9-10-5-4-8/h9H,4-5,8H2,1-3H3. The van der Waals surface area contributed by atoms with Crippen LogP contribution in [0.15, 0.2) is 0 Å². The molecule has 1 rings (SSSR count). The van der Waals surface area contributed by atoms with E-state index in [0.29, 0.717) is 13.2 Å². The predicted molar refractivity (Wildman–Crippen MR) is 42.8 cm³/mol. The van der Waals surface area contributed by atoms with Gasteiger partial charge in [0, 0.05) is 6.54 Å². The summed E-state index contributed by atoms with van der Waals surface area (Å²) in [5, 5.41) is 0. The number of nitrogens with one attached hydrogen (secondary N) is 1. The molecule has 0 spiro atoms. The lowest BCUT2D eigenvalue weighted by atomic mass is 9.98. The van der Waals surface area contributed by atoms with E-state index in [1.165, 1.54) is 0 Å². The maximum Gasteiger partial charge on any atom is 0.250 e. The molecule has 12 heavy (non-hydrogen) atoms. The highest BCUT2D eigenvalue weighted by atomic mass is 17.4. The fourth-order valence-corrected chi connectivity index (χ4v) is 0.654. The van der Waals surface area contributed by atoms with Gasteiger partial charge in [-0.05, 0) is 20.8 Å². The minimum absolute atomic E-state index is 0.373. The fourth-order valence-electron chi connectivity index (χ4n) is 0.654. The Bertz CT molecular complexity index is 157. The van der Waals surface area contributed by atoms with Gasteiger partial charge < -0.3 is 5.73 Å². The summed E-state index contributed by atoms with van der Waals surface area (Å²) >= 11 is 0. The average molecular weight is 176 g/mol. The molecule has 0 aromatic rings. The summed E-state index contributed by atoms with van der Waals surface area (Å²) in [6, 6.07) is 0. The normalized spacial score (nSPS) is 21.0. The SMILES string of the molecule is CC(C)(NOCCN)C1(C)OO1. The predicted octanol–water partition coefficient (Wildman–Crippen LogP) is -0.0771. The van der Waals surface area contributed by atoms with Gasteiger partial charge >= 0.3 is 0 Å². The summed E-state index contributed by atoms with van der Waals surface area (Å²) in [5.41, 5.74) is 7.71. The highest BCUT2D eigenvalue weighted by Gasteiger charge is 2.57. The Hall–Kier alpha value is -0.200. The van der Waals surface area contributed by atoms with E-state index in [-0.39, 0.29) is 5.54 Å². The monoisotopic (exact) mass is 176 g/mol. The summed E-state index contributed by atoms with van der Waals surface area (Å²) < 4.78 is 0. The minimum atomic E-state index is -0.582. The Kier molecular flexibility index (Phi) is 2.70. The van der Waals surface area contributed by atoms with Crippen LogP contribution in [-0.2, 0) is 14.6 Å². The fraction of sp³-hybridized carbons (Fsp3) is 1.00. The highest BCUT2D eigenvalue weighted by Crippen LogP contribution is 2.39. The van der Waals surface area contributed by atoms with E-state index in [9.17, 15) is 0 Å². The lowest BCUT2D eigenvalue weighted by Crippen LogP contribution is -2.50. The van der Waals surface area contributed by atoms with E-state index in [1.807, 2.05) is 20.8 Å². The van der Waals surface area contributed by atoms with Gasteiger partial charge in [0.2, 0.25) is 0 Å². The molecule has 0 aliphatic carbocycles. The molecule has 0 atom stereocenters. The zero-order chi connectivity index (χ0) is 9.24. The van der Waals surface area contributed by atoms with Gasteiger partial charge in [-0.15, -0.1) is 0 Å². The molecular formula is C7H16N2O3. The Morgan fingerprint density at radius 3 is 2.50 bits per heavy atom. The number of hydroxylamine groups is 1. The van der Waals surface area contributed by atoms with Crippen LogP contribution < -0.4 is 11.2 Å². The quantitative estimate of drug-likeness (QED) is 0.265. The third-order valence-electron chi connectivity index (χ3n) is 2.02. The van der Waals surface area contributed by atoms with Crippen molar-refractivity contribution in [1.82, 2.24) is 5.48 Å². The summed E-state index contributed by atoms with van der Waals surface area (Å²) in [6.07, 6.45) is 0. The first-order chi connectivity index (χ1) is 5.52. The zero-order valence-electron chi connectivity index (χ0n) is 7.72. The molecule has 0 aromatic carbocycles. The smallest absolute Gasteiger partial charge is 0.250 e. The van der Waals surface area contributed by atoms with Crippen LogP contribution in [0.25, 0.3) is 0 Å². The van der Waals surface area contributed by atoms with E-state index in [1.54, 1.807) is 0 Å². The maximum absolute atomic E-state index is 5.26. The molecular weight excluding hydrogens is 160 g/mol. The molecule has 1 aliphatic heterocycles. The van der Waals surface area contributed by atoms with Crippen molar-refractivity contribution in [3.05, 3.63) is 0 Å². The second kappa shape index (κ2) is 3.27. The Balaban J connectivity index is 2.28. The third-order valence-corrected chi connectivity index (χ3v) is 2.02. The maximum atomic E-state index is 5.26. The molecule has 1 saturated heterocycles. The summed E-state index contributed by atoms with van der Waals surface area (Å²) in [5.74, 6) is -0.582. The number of hydrogen-bond donors (Lipinski definition) is 2. The molecule has 72 valence electrons. The van der Waals surface area contributed by atoms with Crippen LogP contribution in [0, 0.1) is 0 Å². The van der Waals surface area contributed by atoms with Gasteiger partial charge in [0.25, 0.3) is 5.79 Å². The van der Waals surface area contributed by atoms with Gasteiger partial charge in [0.1, 0.15) is 0 Å². The molecule has 0 saturated carbocycles. The first kappa shape index (κ1) is 9.88. The van der Waals surface area contributed by atoms with Crippen LogP contribution >= 0.6 is 0 Å². The Morgan fingerprint density at radius 2 is 2.08 bits per heavy atom. The lowest BCUT2D eigenvalue weighted by Gasteiger charge is -2.26. The third kappa shape index (κ3) is 1.94. The molecule has 0 radical (unpaired) electrons. The molecule has 3 N–H and O–H groups in total. The van der Waals surface area contributed by atoms with Crippen molar-refractivity contribution < 1.29 is 14.6 Å². The van der Waals surface area contributed by atoms with Crippen LogP contribution in [0.1, 0.15) is 20.8 Å². The largest absolute Gasteiger partial charge is 0.328 e. The van der Waals surface area contributed by atoms with Crippen LogP contribution in [0.4, 0.5) is 0 Å². The molecule has 5 heteroatoms. The van der Waals surface area contributed by atoms with E-state index in [4.69, 9.17) is 20.3 Å². The highest BCUT2D eigenvalue weighted by molar-refractivity contribution is 4.92. The summed E-state index contributed by atoms with van der Waals surface area (Å²) in [6.45, 7) is 6.65. The average Bonchev–Trinajstić information content (AvgIpc) is 2.70. The van der Waals surface area contributed by atoms with Crippen molar-refractivity contribution >= 4 is 0 Å². The van der Waals surface area contributed by atoms with Gasteiger partial charge in [-0.25, -0.2) is 0 Å². The second-order valence-corrected chi connectivity index (χ2v) is 3.48. The second-order valence-electron chi connectivity index (χ2n) is 3.48. The molecule has 1 heterocycles. The van der Waals surface area contributed by atoms with Gasteiger partial charge in [-0.3, -0.25) is 4.84 Å². The van der Waals surface area contributed by atoms with Gasteiger partial charge in [-0.1, -0.05) is 0 Å². The van der Waals surface area contributed by atoms with Crippen molar-refractivity contribution in [2.24, 2.45) is 5.73 Å². The minimum Gasteiger partial charge on any atom is -0.328 e. The van der Waals surface area contributed by atoms with Gasteiger partial charge in [0.05, 0.1) is 12.1 Å². The van der Waals surface area contributed by atoms with Crippen molar-refractivity contribution in [3.63, 3.8) is 0 Å². The van der Waals surface area contributed by atoms with Crippen LogP contribution in [-0.4, -0.2) is 24.5 Å². The summed E-state index contributed by atoms with van der Waals surface area (Å²) in [7, 11) is 0. The van der Waals surface area contributed by atoms with E-state index in [0.717, 1.165) is 0 Å². The van der Waals surface area contributed by atoms with Gasteiger partial charge in [0.15, 0.2) is 0 Å². The van der Waals surface area contributed by atoms with Crippen LogP contribution in [0.3, 0.4) is 0 Å². The number of hydrogen-bond acceptors (Lipinski definition) is 5. The number of rotatable bonds is 5. The topological polar surface area (TPSA) is 72.3 Å². The Labute approximate surface area is 72.0 Å². The van der Waals surface area contributed by atoms with Crippen LogP contribution in [0.5, 0.6) is 0 Å².